The second kappa shape index (κ2) is 5.97. The molecule has 3 aromatic heterocycles. The van der Waals surface area contributed by atoms with Gasteiger partial charge in [-0.05, 0) is 50.4 Å². The lowest BCUT2D eigenvalue weighted by molar-refractivity contribution is 0.708. The van der Waals surface area contributed by atoms with Crippen molar-refractivity contribution in [3.05, 3.63) is 43.0 Å². The third-order valence-corrected chi connectivity index (χ3v) is 6.54. The van der Waals surface area contributed by atoms with Crippen molar-refractivity contribution in [2.75, 3.05) is 0 Å². The Balaban J connectivity index is 1.90. The zero-order valence-electron chi connectivity index (χ0n) is 13.9. The van der Waals surface area contributed by atoms with Crippen LogP contribution in [-0.4, -0.2) is 19.3 Å². The van der Waals surface area contributed by atoms with Crippen molar-refractivity contribution in [2.24, 2.45) is 7.05 Å². The molecule has 5 nitrogen and oxygen atoms in total. The van der Waals surface area contributed by atoms with Gasteiger partial charge in [-0.15, -0.1) is 11.3 Å². The highest BCUT2D eigenvalue weighted by atomic mass is 32.1. The quantitative estimate of drug-likeness (QED) is 0.562. The van der Waals surface area contributed by atoms with Crippen molar-refractivity contribution in [1.29, 1.82) is 0 Å². The van der Waals surface area contributed by atoms with Crippen LogP contribution in [-0.2, 0) is 26.4 Å². The third-order valence-electron chi connectivity index (χ3n) is 5.01. The van der Waals surface area contributed by atoms with Gasteiger partial charge in [-0.2, -0.15) is 5.10 Å². The molecule has 0 aromatic carbocycles. The molecule has 4 rings (SSSR count). The Morgan fingerprint density at radius 2 is 2.12 bits per heavy atom. The summed E-state index contributed by atoms with van der Waals surface area (Å²) in [6.07, 6.45) is 7.51. The van der Waals surface area contributed by atoms with E-state index in [-0.39, 0.29) is 5.56 Å². The molecule has 0 atom stereocenters. The highest BCUT2D eigenvalue weighted by molar-refractivity contribution is 7.71. The fraction of sp³-hybridized carbons (Fsp3) is 0.471. The van der Waals surface area contributed by atoms with Gasteiger partial charge in [-0.25, -0.2) is 0 Å². The molecule has 7 heteroatoms. The van der Waals surface area contributed by atoms with Gasteiger partial charge in [0.05, 0.1) is 18.1 Å². The highest BCUT2D eigenvalue weighted by Crippen LogP contribution is 2.32. The molecule has 1 aliphatic carbocycles. The molecule has 0 radical (unpaired) electrons. The molecule has 0 aliphatic heterocycles. The zero-order valence-corrected chi connectivity index (χ0v) is 15.5. The number of H-pyrrole nitrogens is 1. The summed E-state index contributed by atoms with van der Waals surface area (Å²) in [6, 6.07) is 0. The van der Waals surface area contributed by atoms with Gasteiger partial charge < -0.3 is 4.98 Å². The van der Waals surface area contributed by atoms with Crippen LogP contribution in [0.2, 0.25) is 0 Å². The minimum atomic E-state index is 0.0383. The zero-order chi connectivity index (χ0) is 16.8. The molecule has 3 aromatic rings. The first kappa shape index (κ1) is 15.8. The summed E-state index contributed by atoms with van der Waals surface area (Å²) in [5.74, 6) is 0. The summed E-state index contributed by atoms with van der Waals surface area (Å²) in [6.45, 7) is 2.48. The van der Waals surface area contributed by atoms with Crippen molar-refractivity contribution in [1.82, 2.24) is 19.3 Å². The topological polar surface area (TPSA) is 55.6 Å². The van der Waals surface area contributed by atoms with Gasteiger partial charge in [0.2, 0.25) is 0 Å². The molecule has 126 valence electrons. The Morgan fingerprint density at radius 3 is 2.88 bits per heavy atom. The average molecular weight is 361 g/mol. The molecular weight excluding hydrogens is 340 g/mol. The Bertz CT molecular complexity index is 1040. The average Bonchev–Trinajstić information content (AvgIpc) is 2.95. The molecule has 0 saturated carbocycles. The number of rotatable bonds is 2. The highest BCUT2D eigenvalue weighted by Gasteiger charge is 2.19. The van der Waals surface area contributed by atoms with E-state index in [0.29, 0.717) is 11.3 Å². The molecule has 3 heterocycles. The first-order valence-electron chi connectivity index (χ1n) is 8.31. The summed E-state index contributed by atoms with van der Waals surface area (Å²) < 4.78 is 3.99. The Labute approximate surface area is 149 Å². The second-order valence-electron chi connectivity index (χ2n) is 6.47. The largest absolute Gasteiger partial charge is 0.323 e. The predicted molar refractivity (Wildman–Crippen MR) is 99.6 cm³/mol. The van der Waals surface area contributed by atoms with E-state index < -0.39 is 0 Å². The molecular formula is C17H20N4OS2. The van der Waals surface area contributed by atoms with E-state index in [0.717, 1.165) is 40.7 Å². The van der Waals surface area contributed by atoms with E-state index in [1.165, 1.54) is 23.3 Å². The van der Waals surface area contributed by atoms with Crippen molar-refractivity contribution in [2.45, 2.75) is 45.6 Å². The molecule has 0 saturated heterocycles. The number of fused-ring (bicyclic) bond motifs is 3. The maximum Gasteiger partial charge on any atom is 0.263 e. The second-order valence-corrected chi connectivity index (χ2v) is 7.96. The lowest BCUT2D eigenvalue weighted by Gasteiger charge is -2.07. The molecule has 1 N–H and O–H groups in total. The number of hydrogen-bond donors (Lipinski definition) is 1. The van der Waals surface area contributed by atoms with Gasteiger partial charge in [0.1, 0.15) is 4.83 Å². The first-order valence-corrected chi connectivity index (χ1v) is 9.53. The number of nitrogens with one attached hydrogen (secondary N) is 1. The molecule has 1 aliphatic rings. The standard InChI is InChI=1S/C17H20N4OS2/c1-10-11(8-18-20(10)2)9-21-16(22)14-12-6-4-3-5-7-13(12)24-15(14)19-17(21)23/h8H,3-7,9H2,1-2H3,(H,19,23). The van der Waals surface area contributed by atoms with Crippen molar-refractivity contribution in [3.8, 4) is 0 Å². The van der Waals surface area contributed by atoms with Crippen LogP contribution in [0.25, 0.3) is 10.2 Å². The van der Waals surface area contributed by atoms with E-state index in [1.54, 1.807) is 15.9 Å². The van der Waals surface area contributed by atoms with Gasteiger partial charge in [0, 0.05) is 23.2 Å². The third kappa shape index (κ3) is 2.46. The van der Waals surface area contributed by atoms with E-state index in [4.69, 9.17) is 12.2 Å². The Hall–Kier alpha value is -1.73. The van der Waals surface area contributed by atoms with Crippen molar-refractivity contribution >= 4 is 33.8 Å². The molecule has 0 amide bonds. The normalized spacial score (nSPS) is 14.8. The van der Waals surface area contributed by atoms with Crippen LogP contribution < -0.4 is 5.56 Å². The van der Waals surface area contributed by atoms with E-state index in [2.05, 4.69) is 10.1 Å². The summed E-state index contributed by atoms with van der Waals surface area (Å²) in [5.41, 5.74) is 3.37. The predicted octanol–water partition coefficient (Wildman–Crippen LogP) is 3.48. The van der Waals surface area contributed by atoms with Gasteiger partial charge in [0.25, 0.3) is 5.56 Å². The molecule has 0 spiro atoms. The van der Waals surface area contributed by atoms with Crippen LogP contribution >= 0.6 is 23.6 Å². The number of nitrogens with zero attached hydrogens (tertiary/aromatic N) is 3. The number of thiophene rings is 1. The van der Waals surface area contributed by atoms with Crippen LogP contribution in [0.15, 0.2) is 11.0 Å². The van der Waals surface area contributed by atoms with Crippen LogP contribution in [0.1, 0.15) is 41.0 Å². The van der Waals surface area contributed by atoms with Gasteiger partial charge in [-0.3, -0.25) is 14.0 Å². The van der Waals surface area contributed by atoms with Gasteiger partial charge in [-0.1, -0.05) is 6.42 Å². The molecule has 24 heavy (non-hydrogen) atoms. The number of aromatic nitrogens is 4. The lowest BCUT2D eigenvalue weighted by atomic mass is 10.1. The lowest BCUT2D eigenvalue weighted by Crippen LogP contribution is -2.23. The minimum absolute atomic E-state index is 0.0383. The summed E-state index contributed by atoms with van der Waals surface area (Å²) >= 11 is 7.18. The Kier molecular flexibility index (Phi) is 3.92. The van der Waals surface area contributed by atoms with Gasteiger partial charge in [0.15, 0.2) is 4.77 Å². The van der Waals surface area contributed by atoms with E-state index in [9.17, 15) is 4.79 Å². The Morgan fingerprint density at radius 1 is 1.33 bits per heavy atom. The van der Waals surface area contributed by atoms with Crippen LogP contribution in [0.4, 0.5) is 0 Å². The van der Waals surface area contributed by atoms with E-state index >= 15 is 0 Å². The maximum atomic E-state index is 13.2. The smallest absolute Gasteiger partial charge is 0.263 e. The van der Waals surface area contributed by atoms with Crippen LogP contribution in [0.3, 0.4) is 0 Å². The summed E-state index contributed by atoms with van der Waals surface area (Å²) in [7, 11) is 1.91. The molecule has 0 unspecified atom stereocenters. The summed E-state index contributed by atoms with van der Waals surface area (Å²) in [5, 5.41) is 5.12. The van der Waals surface area contributed by atoms with Crippen molar-refractivity contribution in [3.63, 3.8) is 0 Å². The van der Waals surface area contributed by atoms with Crippen molar-refractivity contribution < 1.29 is 0 Å². The monoisotopic (exact) mass is 360 g/mol. The minimum Gasteiger partial charge on any atom is -0.323 e. The fourth-order valence-electron chi connectivity index (χ4n) is 3.46. The number of aryl methyl sites for hydroxylation is 3. The fourth-order valence-corrected chi connectivity index (χ4v) is 5.06. The SMILES string of the molecule is Cc1c(Cn2c(=S)[nH]c3sc4c(c3c2=O)CCCCC4)cnn1C. The molecule has 0 bridgehead atoms. The number of hydrogen-bond acceptors (Lipinski definition) is 4. The van der Waals surface area contributed by atoms with E-state index in [1.807, 2.05) is 24.9 Å². The van der Waals surface area contributed by atoms with Crippen LogP contribution in [0, 0.1) is 11.7 Å². The van der Waals surface area contributed by atoms with Gasteiger partial charge >= 0.3 is 0 Å². The summed E-state index contributed by atoms with van der Waals surface area (Å²) in [4.78, 5) is 18.8. The molecule has 0 fully saturated rings. The maximum absolute atomic E-state index is 13.2. The number of aromatic amines is 1. The van der Waals surface area contributed by atoms with Crippen LogP contribution in [0.5, 0.6) is 0 Å². The first-order chi connectivity index (χ1) is 11.6.